The molecule has 31 heavy (non-hydrogen) atoms. The van der Waals surface area contributed by atoms with Crippen LogP contribution in [0.3, 0.4) is 0 Å². The maximum Gasteiger partial charge on any atom is 0.134 e. The summed E-state index contributed by atoms with van der Waals surface area (Å²) < 4.78 is 0. The van der Waals surface area contributed by atoms with Gasteiger partial charge in [0.15, 0.2) is 0 Å². The molecule has 0 bridgehead atoms. The first-order valence-corrected chi connectivity index (χ1v) is 12.2. The number of phenolic OH excluding ortho intramolecular Hbond substituents is 1. The molecule has 0 unspecified atom stereocenters. The van der Waals surface area contributed by atoms with Crippen molar-refractivity contribution in [3.8, 4) is 28.0 Å². The predicted octanol–water partition coefficient (Wildman–Crippen LogP) is 8.86. The maximum absolute atomic E-state index is 10.5. The van der Waals surface area contributed by atoms with Gasteiger partial charge in [0.05, 0.1) is 5.02 Å². The third-order valence-corrected chi connectivity index (χ3v) is 7.26. The highest BCUT2D eigenvalue weighted by molar-refractivity contribution is 6.35. The lowest BCUT2D eigenvalue weighted by Gasteiger charge is -2.23. The van der Waals surface area contributed by atoms with Crippen molar-refractivity contribution in [2.45, 2.75) is 71.6 Å². The fraction of sp³-hybridized carbons (Fsp3) is 0.379. The van der Waals surface area contributed by atoms with Crippen molar-refractivity contribution in [2.24, 2.45) is 0 Å². The average Bonchev–Trinajstić information content (AvgIpc) is 2.81. The molecular formula is C29H33ClO. The van der Waals surface area contributed by atoms with Crippen LogP contribution in [0.15, 0.2) is 48.5 Å². The van der Waals surface area contributed by atoms with Gasteiger partial charge in [-0.25, -0.2) is 0 Å². The Morgan fingerprint density at radius 2 is 1.45 bits per heavy atom. The number of benzene rings is 3. The van der Waals surface area contributed by atoms with Crippen LogP contribution in [-0.4, -0.2) is 5.11 Å². The molecule has 1 fully saturated rings. The Labute approximate surface area is 192 Å². The van der Waals surface area contributed by atoms with Gasteiger partial charge in [-0.05, 0) is 84.0 Å². The van der Waals surface area contributed by atoms with E-state index in [4.69, 9.17) is 11.6 Å². The summed E-state index contributed by atoms with van der Waals surface area (Å²) in [6.45, 7) is 6.52. The Morgan fingerprint density at radius 3 is 2.03 bits per heavy atom. The molecule has 2 heteroatoms. The van der Waals surface area contributed by atoms with E-state index in [2.05, 4.69) is 57.2 Å². The van der Waals surface area contributed by atoms with E-state index >= 15 is 0 Å². The zero-order chi connectivity index (χ0) is 22.0. The molecule has 1 aliphatic carbocycles. The summed E-state index contributed by atoms with van der Waals surface area (Å²) in [6, 6.07) is 17.3. The fourth-order valence-corrected chi connectivity index (χ4v) is 5.50. The number of aryl methyl sites for hydroxylation is 3. The topological polar surface area (TPSA) is 20.2 Å². The van der Waals surface area contributed by atoms with Crippen molar-refractivity contribution in [3.63, 3.8) is 0 Å². The first-order chi connectivity index (χ1) is 15.0. The van der Waals surface area contributed by atoms with Crippen molar-refractivity contribution >= 4 is 11.6 Å². The third kappa shape index (κ3) is 4.39. The Kier molecular flexibility index (Phi) is 6.72. The first kappa shape index (κ1) is 22.0. The van der Waals surface area contributed by atoms with Crippen molar-refractivity contribution < 1.29 is 5.11 Å². The number of aromatic hydroxyl groups is 1. The molecule has 0 amide bonds. The van der Waals surface area contributed by atoms with E-state index in [9.17, 15) is 5.11 Å². The largest absolute Gasteiger partial charge is 0.506 e. The molecule has 0 heterocycles. The summed E-state index contributed by atoms with van der Waals surface area (Å²) in [5, 5.41) is 10.9. The average molecular weight is 433 g/mol. The van der Waals surface area contributed by atoms with Crippen LogP contribution in [0.2, 0.25) is 5.02 Å². The molecule has 3 aromatic rings. The van der Waals surface area contributed by atoms with Crippen LogP contribution in [-0.2, 0) is 12.8 Å². The zero-order valence-electron chi connectivity index (χ0n) is 19.0. The van der Waals surface area contributed by atoms with Crippen LogP contribution >= 0.6 is 11.6 Å². The van der Waals surface area contributed by atoms with Gasteiger partial charge in [-0.3, -0.25) is 0 Å². The van der Waals surface area contributed by atoms with E-state index in [1.165, 1.54) is 59.9 Å². The third-order valence-electron chi connectivity index (χ3n) is 6.88. The number of rotatable bonds is 5. The highest BCUT2D eigenvalue weighted by atomic mass is 35.5. The molecule has 0 atom stereocenters. The monoisotopic (exact) mass is 432 g/mol. The standard InChI is InChI=1S/C29H33ClO/c1-4-20-17-19(3)18-21(5-2)27(20)28-25(15-16-26(31)29(28)30)24-13-11-23(12-14-24)22-9-7-6-8-10-22/h11-18,22,31H,4-10H2,1-3H3. The van der Waals surface area contributed by atoms with Crippen LogP contribution in [0.5, 0.6) is 5.75 Å². The summed E-state index contributed by atoms with van der Waals surface area (Å²) in [6.07, 6.45) is 8.53. The SMILES string of the molecule is CCc1cc(C)cc(CC)c1-c1c(-c2ccc(C3CCCCC3)cc2)ccc(O)c1Cl. The smallest absolute Gasteiger partial charge is 0.134 e. The van der Waals surface area contributed by atoms with E-state index in [1.54, 1.807) is 6.07 Å². The van der Waals surface area contributed by atoms with Gasteiger partial charge in [0.25, 0.3) is 0 Å². The lowest BCUT2D eigenvalue weighted by Crippen LogP contribution is -2.04. The number of hydrogen-bond donors (Lipinski definition) is 1. The molecule has 4 rings (SSSR count). The van der Waals surface area contributed by atoms with Gasteiger partial charge in [0, 0.05) is 5.56 Å². The van der Waals surface area contributed by atoms with E-state index in [1.807, 2.05) is 6.07 Å². The summed E-state index contributed by atoms with van der Waals surface area (Å²) in [5.41, 5.74) is 9.67. The van der Waals surface area contributed by atoms with Gasteiger partial charge in [0.2, 0.25) is 0 Å². The normalized spacial score (nSPS) is 14.7. The molecule has 3 aromatic carbocycles. The number of hydrogen-bond acceptors (Lipinski definition) is 1. The van der Waals surface area contributed by atoms with E-state index in [0.717, 1.165) is 29.5 Å². The lowest BCUT2D eigenvalue weighted by atomic mass is 9.83. The molecule has 1 N–H and O–H groups in total. The van der Waals surface area contributed by atoms with Crippen molar-refractivity contribution in [1.29, 1.82) is 0 Å². The maximum atomic E-state index is 10.5. The van der Waals surface area contributed by atoms with Gasteiger partial charge in [0.1, 0.15) is 5.75 Å². The van der Waals surface area contributed by atoms with Crippen LogP contribution in [0.25, 0.3) is 22.3 Å². The molecule has 0 radical (unpaired) electrons. The van der Waals surface area contributed by atoms with Crippen molar-refractivity contribution in [3.05, 3.63) is 75.8 Å². The van der Waals surface area contributed by atoms with Gasteiger partial charge >= 0.3 is 0 Å². The van der Waals surface area contributed by atoms with Crippen LogP contribution in [0.4, 0.5) is 0 Å². The van der Waals surface area contributed by atoms with Gasteiger partial charge < -0.3 is 5.11 Å². The van der Waals surface area contributed by atoms with E-state index in [0.29, 0.717) is 10.9 Å². The quantitative estimate of drug-likeness (QED) is 0.426. The molecule has 0 aliphatic heterocycles. The first-order valence-electron chi connectivity index (χ1n) is 11.8. The second-order valence-electron chi connectivity index (χ2n) is 8.94. The Balaban J connectivity index is 1.86. The lowest BCUT2D eigenvalue weighted by molar-refractivity contribution is 0.443. The van der Waals surface area contributed by atoms with Gasteiger partial charge in [-0.1, -0.05) is 86.7 Å². The highest BCUT2D eigenvalue weighted by Gasteiger charge is 2.21. The molecule has 1 nitrogen and oxygen atoms in total. The Morgan fingerprint density at radius 1 is 0.839 bits per heavy atom. The van der Waals surface area contributed by atoms with E-state index < -0.39 is 0 Å². The summed E-state index contributed by atoms with van der Waals surface area (Å²) in [7, 11) is 0. The highest BCUT2D eigenvalue weighted by Crippen LogP contribution is 2.45. The Hall–Kier alpha value is -2.25. The molecule has 1 aliphatic rings. The molecule has 162 valence electrons. The summed E-state index contributed by atoms with van der Waals surface area (Å²) >= 11 is 6.78. The van der Waals surface area contributed by atoms with Crippen molar-refractivity contribution in [2.75, 3.05) is 0 Å². The van der Waals surface area contributed by atoms with E-state index in [-0.39, 0.29) is 5.75 Å². The molecule has 0 saturated heterocycles. The zero-order valence-corrected chi connectivity index (χ0v) is 19.7. The van der Waals surface area contributed by atoms with Crippen LogP contribution < -0.4 is 0 Å². The van der Waals surface area contributed by atoms with Crippen LogP contribution in [0.1, 0.15) is 74.1 Å². The minimum Gasteiger partial charge on any atom is -0.506 e. The Bertz CT molecular complexity index is 1030. The molecule has 0 spiro atoms. The molecule has 1 saturated carbocycles. The second-order valence-corrected chi connectivity index (χ2v) is 9.32. The summed E-state index contributed by atoms with van der Waals surface area (Å²) in [4.78, 5) is 0. The minimum atomic E-state index is 0.143. The van der Waals surface area contributed by atoms with Gasteiger partial charge in [-0.15, -0.1) is 0 Å². The summed E-state index contributed by atoms with van der Waals surface area (Å²) in [5.74, 6) is 0.838. The van der Waals surface area contributed by atoms with Crippen molar-refractivity contribution in [1.82, 2.24) is 0 Å². The fourth-order valence-electron chi connectivity index (χ4n) is 5.24. The second kappa shape index (κ2) is 9.49. The predicted molar refractivity (Wildman–Crippen MR) is 133 cm³/mol. The van der Waals surface area contributed by atoms with Gasteiger partial charge in [-0.2, -0.15) is 0 Å². The minimum absolute atomic E-state index is 0.143. The molecular weight excluding hydrogens is 400 g/mol. The number of phenols is 1. The molecule has 0 aromatic heterocycles. The van der Waals surface area contributed by atoms with Crippen LogP contribution in [0, 0.1) is 6.92 Å². The number of halogens is 1.